The van der Waals surface area contributed by atoms with Crippen LogP contribution in [0.3, 0.4) is 0 Å². The van der Waals surface area contributed by atoms with E-state index in [0.717, 1.165) is 28.6 Å². The molecule has 0 saturated carbocycles. The first kappa shape index (κ1) is 19.4. The molecule has 0 atom stereocenters. The minimum absolute atomic E-state index is 0.837. The van der Waals surface area contributed by atoms with Crippen LogP contribution in [0.4, 0.5) is 17.1 Å². The summed E-state index contributed by atoms with van der Waals surface area (Å²) in [6.07, 6.45) is 0. The van der Waals surface area contributed by atoms with Gasteiger partial charge in [0.2, 0.25) is 0 Å². The highest BCUT2D eigenvalue weighted by atomic mass is 16.5. The van der Waals surface area contributed by atoms with Gasteiger partial charge in [-0.1, -0.05) is 48.5 Å². The highest BCUT2D eigenvalue weighted by Crippen LogP contribution is 2.44. The van der Waals surface area contributed by atoms with Gasteiger partial charge >= 0.3 is 0 Å². The van der Waals surface area contributed by atoms with Gasteiger partial charge in [0.1, 0.15) is 11.5 Å². The van der Waals surface area contributed by atoms with E-state index in [-0.39, 0.29) is 0 Å². The molecule has 0 amide bonds. The summed E-state index contributed by atoms with van der Waals surface area (Å²) in [6, 6.07) is 36.3. The molecule has 160 valence electrons. The quantitative estimate of drug-likeness (QED) is 0.259. The van der Waals surface area contributed by atoms with E-state index in [0.29, 0.717) is 0 Å². The molecule has 0 spiro atoms. The van der Waals surface area contributed by atoms with Crippen LogP contribution in [0.5, 0.6) is 11.5 Å². The van der Waals surface area contributed by atoms with Gasteiger partial charge in [0, 0.05) is 16.8 Å². The average Bonchev–Trinajstić information content (AvgIpc) is 2.89. The third-order valence-corrected chi connectivity index (χ3v) is 6.41. The van der Waals surface area contributed by atoms with Crippen molar-refractivity contribution in [1.29, 1.82) is 0 Å². The van der Waals surface area contributed by atoms with Gasteiger partial charge in [-0.05, 0) is 81.5 Å². The predicted molar refractivity (Wildman–Crippen MR) is 138 cm³/mol. The standard InChI is InChI=1S/C30H23NO2/c1-32-25-14-10-23(11-15-25)31(24-12-16-26(33-2)17-13-24)28-19-9-22-7-6-20-4-3-5-21-8-18-27(28)30(22)29(20)21/h3-19H,1-2H3. The summed E-state index contributed by atoms with van der Waals surface area (Å²) in [5.74, 6) is 1.67. The lowest BCUT2D eigenvalue weighted by Crippen LogP contribution is -2.10. The predicted octanol–water partition coefficient (Wildman–Crippen LogP) is 8.07. The summed E-state index contributed by atoms with van der Waals surface area (Å²) in [5.41, 5.74) is 3.27. The lowest BCUT2D eigenvalue weighted by atomic mass is 9.93. The molecular weight excluding hydrogens is 406 g/mol. The number of hydrogen-bond donors (Lipinski definition) is 0. The highest BCUT2D eigenvalue weighted by molar-refractivity contribution is 6.25. The van der Waals surface area contributed by atoms with E-state index in [9.17, 15) is 0 Å². The molecule has 3 heteroatoms. The van der Waals surface area contributed by atoms with E-state index in [1.54, 1.807) is 14.2 Å². The zero-order chi connectivity index (χ0) is 22.4. The van der Waals surface area contributed by atoms with Crippen LogP contribution < -0.4 is 14.4 Å². The zero-order valence-electron chi connectivity index (χ0n) is 18.6. The smallest absolute Gasteiger partial charge is 0.119 e. The van der Waals surface area contributed by atoms with E-state index in [2.05, 4.69) is 83.8 Å². The molecular formula is C30H23NO2. The Hall–Kier alpha value is -4.24. The number of anilines is 3. The maximum absolute atomic E-state index is 5.40. The van der Waals surface area contributed by atoms with E-state index in [1.807, 2.05) is 24.3 Å². The molecule has 0 fully saturated rings. The van der Waals surface area contributed by atoms with Gasteiger partial charge in [0.15, 0.2) is 0 Å². The second-order valence-electron chi connectivity index (χ2n) is 8.17. The van der Waals surface area contributed by atoms with Gasteiger partial charge in [-0.3, -0.25) is 0 Å². The van der Waals surface area contributed by atoms with Gasteiger partial charge in [-0.15, -0.1) is 0 Å². The van der Waals surface area contributed by atoms with Crippen molar-refractivity contribution in [2.24, 2.45) is 0 Å². The summed E-state index contributed by atoms with van der Waals surface area (Å²) < 4.78 is 10.8. The molecule has 0 unspecified atom stereocenters. The van der Waals surface area contributed by atoms with Crippen molar-refractivity contribution in [2.45, 2.75) is 0 Å². The van der Waals surface area contributed by atoms with Crippen molar-refractivity contribution in [2.75, 3.05) is 19.1 Å². The molecule has 0 N–H and O–H groups in total. The van der Waals surface area contributed by atoms with Crippen LogP contribution in [-0.4, -0.2) is 14.2 Å². The Kier molecular flexibility index (Phi) is 4.55. The van der Waals surface area contributed by atoms with Crippen LogP contribution in [0.25, 0.3) is 32.3 Å². The molecule has 0 aliphatic carbocycles. The molecule has 0 aliphatic heterocycles. The van der Waals surface area contributed by atoms with Gasteiger partial charge < -0.3 is 14.4 Å². The molecule has 0 aliphatic rings. The second kappa shape index (κ2) is 7.72. The minimum atomic E-state index is 0.837. The van der Waals surface area contributed by atoms with Gasteiger partial charge in [-0.2, -0.15) is 0 Å². The Morgan fingerprint density at radius 3 is 1.52 bits per heavy atom. The third-order valence-electron chi connectivity index (χ3n) is 6.41. The summed E-state index contributed by atoms with van der Waals surface area (Å²) >= 11 is 0. The molecule has 33 heavy (non-hydrogen) atoms. The van der Waals surface area contributed by atoms with Crippen molar-refractivity contribution in [1.82, 2.24) is 0 Å². The number of hydrogen-bond acceptors (Lipinski definition) is 3. The first-order valence-corrected chi connectivity index (χ1v) is 11.0. The normalized spacial score (nSPS) is 11.3. The molecule has 6 aromatic carbocycles. The number of methoxy groups -OCH3 is 2. The first-order chi connectivity index (χ1) is 16.3. The van der Waals surface area contributed by atoms with Crippen LogP contribution in [0, 0.1) is 0 Å². The molecule has 0 saturated heterocycles. The van der Waals surface area contributed by atoms with Gasteiger partial charge in [-0.25, -0.2) is 0 Å². The maximum atomic E-state index is 5.40. The van der Waals surface area contributed by atoms with Crippen molar-refractivity contribution in [3.8, 4) is 11.5 Å². The number of nitrogens with zero attached hydrogens (tertiary/aromatic N) is 1. The Morgan fingerprint density at radius 2 is 0.970 bits per heavy atom. The molecule has 0 aromatic heterocycles. The third kappa shape index (κ3) is 3.13. The van der Waals surface area contributed by atoms with Crippen molar-refractivity contribution < 1.29 is 9.47 Å². The summed E-state index contributed by atoms with van der Waals surface area (Å²) in [7, 11) is 3.38. The van der Waals surface area contributed by atoms with Crippen LogP contribution in [0.1, 0.15) is 0 Å². The fourth-order valence-corrected chi connectivity index (χ4v) is 4.80. The number of ether oxygens (including phenoxy) is 2. The minimum Gasteiger partial charge on any atom is -0.497 e. The molecule has 6 aromatic rings. The van der Waals surface area contributed by atoms with Gasteiger partial charge in [0.05, 0.1) is 19.9 Å². The van der Waals surface area contributed by atoms with Gasteiger partial charge in [0.25, 0.3) is 0 Å². The first-order valence-electron chi connectivity index (χ1n) is 11.0. The van der Waals surface area contributed by atoms with Crippen LogP contribution >= 0.6 is 0 Å². The van der Waals surface area contributed by atoms with Crippen molar-refractivity contribution >= 4 is 49.4 Å². The molecule has 0 bridgehead atoms. The Balaban J connectivity index is 1.64. The maximum Gasteiger partial charge on any atom is 0.119 e. The Morgan fingerprint density at radius 1 is 0.485 bits per heavy atom. The van der Waals surface area contributed by atoms with Crippen LogP contribution in [-0.2, 0) is 0 Å². The zero-order valence-corrected chi connectivity index (χ0v) is 18.6. The van der Waals surface area contributed by atoms with Crippen molar-refractivity contribution in [3.05, 3.63) is 103 Å². The average molecular weight is 430 g/mol. The molecule has 6 rings (SSSR count). The van der Waals surface area contributed by atoms with Crippen LogP contribution in [0.15, 0.2) is 103 Å². The fourth-order valence-electron chi connectivity index (χ4n) is 4.80. The lowest BCUT2D eigenvalue weighted by molar-refractivity contribution is 0.415. The Bertz CT molecular complexity index is 1510. The van der Waals surface area contributed by atoms with E-state index >= 15 is 0 Å². The Labute approximate surface area is 192 Å². The topological polar surface area (TPSA) is 21.7 Å². The molecule has 0 radical (unpaired) electrons. The number of benzene rings is 6. The fraction of sp³-hybridized carbons (Fsp3) is 0.0667. The van der Waals surface area contributed by atoms with Crippen molar-refractivity contribution in [3.63, 3.8) is 0 Å². The van der Waals surface area contributed by atoms with E-state index < -0.39 is 0 Å². The summed E-state index contributed by atoms with van der Waals surface area (Å²) in [5, 5.41) is 7.63. The lowest BCUT2D eigenvalue weighted by Gasteiger charge is -2.28. The van der Waals surface area contributed by atoms with Crippen LogP contribution in [0.2, 0.25) is 0 Å². The summed E-state index contributed by atoms with van der Waals surface area (Å²) in [4.78, 5) is 2.30. The monoisotopic (exact) mass is 429 g/mol. The SMILES string of the molecule is COc1ccc(N(c2ccc(OC)cc2)c2ccc3ccc4cccc5ccc2c3c45)cc1. The largest absolute Gasteiger partial charge is 0.497 e. The highest BCUT2D eigenvalue weighted by Gasteiger charge is 2.18. The molecule has 0 heterocycles. The number of rotatable bonds is 5. The summed E-state index contributed by atoms with van der Waals surface area (Å²) in [6.45, 7) is 0. The van der Waals surface area contributed by atoms with E-state index in [1.165, 1.54) is 32.3 Å². The van der Waals surface area contributed by atoms with E-state index in [4.69, 9.17) is 9.47 Å². The second-order valence-corrected chi connectivity index (χ2v) is 8.17. The molecule has 3 nitrogen and oxygen atoms in total.